The Balaban J connectivity index is 2.92. The molecule has 0 atom stereocenters. The lowest BCUT2D eigenvalue weighted by Crippen LogP contribution is -2.13. The summed E-state index contributed by atoms with van der Waals surface area (Å²) in [5.41, 5.74) is 4.82. The zero-order valence-electron chi connectivity index (χ0n) is 5.67. The highest BCUT2D eigenvalue weighted by Gasteiger charge is 1.92. The highest BCUT2D eigenvalue weighted by atomic mass is 16.5. The summed E-state index contributed by atoms with van der Waals surface area (Å²) in [6.07, 6.45) is 0.587. The van der Waals surface area contributed by atoms with Crippen LogP contribution in [0.2, 0.25) is 0 Å². The summed E-state index contributed by atoms with van der Waals surface area (Å²) in [6, 6.07) is 1.91. The molecule has 0 aliphatic rings. The number of hydrogen-bond acceptors (Lipinski definition) is 3. The molecule has 4 heteroatoms. The van der Waals surface area contributed by atoms with E-state index in [9.17, 15) is 4.79 Å². The van der Waals surface area contributed by atoms with Crippen LogP contribution in [0.15, 0.2) is 0 Å². The largest absolute Gasteiger partial charge is 0.380 e. The summed E-state index contributed by atoms with van der Waals surface area (Å²) in [5, 5.41) is 8.05. The molecule has 0 heterocycles. The maximum atomic E-state index is 10.1. The maximum absolute atomic E-state index is 10.1. The van der Waals surface area contributed by atoms with Crippen LogP contribution in [0.25, 0.3) is 0 Å². The number of hydrogen-bond donors (Lipinski definition) is 1. The first-order valence-electron chi connectivity index (χ1n) is 3.00. The molecule has 0 fully saturated rings. The van der Waals surface area contributed by atoms with Gasteiger partial charge >= 0.3 is 0 Å². The zero-order valence-corrected chi connectivity index (χ0v) is 5.67. The molecule has 0 aromatic carbocycles. The van der Waals surface area contributed by atoms with Gasteiger partial charge in [-0.2, -0.15) is 5.26 Å². The third-order valence-corrected chi connectivity index (χ3v) is 0.851. The third kappa shape index (κ3) is 6.92. The number of primary amides is 1. The number of nitrogens with zero attached hydrogens (tertiary/aromatic N) is 1. The molecule has 0 aromatic heterocycles. The van der Waals surface area contributed by atoms with Gasteiger partial charge in [-0.3, -0.25) is 4.79 Å². The number of ether oxygens (including phenoxy) is 1. The van der Waals surface area contributed by atoms with Crippen molar-refractivity contribution in [2.24, 2.45) is 5.73 Å². The van der Waals surface area contributed by atoms with Crippen molar-refractivity contribution in [3.63, 3.8) is 0 Å². The van der Waals surface area contributed by atoms with Gasteiger partial charge in [-0.15, -0.1) is 0 Å². The molecule has 10 heavy (non-hydrogen) atoms. The summed E-state index contributed by atoms with van der Waals surface area (Å²) >= 11 is 0. The fourth-order valence-corrected chi connectivity index (χ4v) is 0.393. The van der Waals surface area contributed by atoms with Crippen LogP contribution in [0.1, 0.15) is 12.8 Å². The Bertz CT molecular complexity index is 139. The Labute approximate surface area is 59.6 Å². The van der Waals surface area contributed by atoms with E-state index < -0.39 is 0 Å². The van der Waals surface area contributed by atoms with Gasteiger partial charge in [-0.05, 0) is 0 Å². The van der Waals surface area contributed by atoms with Gasteiger partial charge in [0.1, 0.15) is 0 Å². The number of nitrogens with two attached hydrogens (primary N) is 1. The van der Waals surface area contributed by atoms with E-state index in [1.807, 2.05) is 6.07 Å². The predicted octanol–water partition coefficient (Wildman–Crippen LogP) is -0.208. The molecule has 1 amide bonds. The minimum Gasteiger partial charge on any atom is -0.380 e. The lowest BCUT2D eigenvalue weighted by atomic mass is 10.4. The normalized spacial score (nSPS) is 8.70. The second-order valence-corrected chi connectivity index (χ2v) is 1.74. The molecule has 0 unspecified atom stereocenters. The van der Waals surface area contributed by atoms with Gasteiger partial charge in [0.2, 0.25) is 5.91 Å². The fraction of sp³-hybridized carbons (Fsp3) is 0.667. The van der Waals surface area contributed by atoms with Crippen LogP contribution in [0.4, 0.5) is 0 Å². The van der Waals surface area contributed by atoms with E-state index in [1.165, 1.54) is 0 Å². The summed E-state index contributed by atoms with van der Waals surface area (Å²) in [5.74, 6) is -0.378. The standard InChI is InChI=1S/C6H10N2O2/c7-3-1-4-10-5-2-6(8)9/h1-2,4-5H2,(H2,8,9). The van der Waals surface area contributed by atoms with Crippen LogP contribution in [0.5, 0.6) is 0 Å². The summed E-state index contributed by atoms with van der Waals surface area (Å²) in [6.45, 7) is 0.695. The quantitative estimate of drug-likeness (QED) is 0.539. The molecule has 0 aromatic rings. The molecule has 0 bridgehead atoms. The predicted molar refractivity (Wildman–Crippen MR) is 34.9 cm³/mol. The van der Waals surface area contributed by atoms with Crippen molar-refractivity contribution in [1.29, 1.82) is 5.26 Å². The van der Waals surface area contributed by atoms with Crippen LogP contribution in [0.3, 0.4) is 0 Å². The lowest BCUT2D eigenvalue weighted by Gasteiger charge is -1.96. The number of carbonyl (C=O) groups excluding carboxylic acids is 1. The average molecular weight is 142 g/mol. The van der Waals surface area contributed by atoms with Crippen molar-refractivity contribution >= 4 is 5.91 Å². The molecule has 4 nitrogen and oxygen atoms in total. The molecule has 56 valence electrons. The zero-order chi connectivity index (χ0) is 7.82. The molecular weight excluding hydrogens is 132 g/mol. The summed E-state index contributed by atoms with van der Waals surface area (Å²) in [4.78, 5) is 10.1. The van der Waals surface area contributed by atoms with Gasteiger partial charge < -0.3 is 10.5 Å². The van der Waals surface area contributed by atoms with Crippen molar-refractivity contribution in [1.82, 2.24) is 0 Å². The SMILES string of the molecule is N#CCCOCCC(N)=O. The molecule has 0 aliphatic heterocycles. The summed E-state index contributed by atoms with van der Waals surface area (Å²) in [7, 11) is 0. The van der Waals surface area contributed by atoms with Crippen LogP contribution in [-0.4, -0.2) is 19.1 Å². The Morgan fingerprint density at radius 2 is 2.30 bits per heavy atom. The lowest BCUT2D eigenvalue weighted by molar-refractivity contribution is -0.119. The van der Waals surface area contributed by atoms with Gasteiger partial charge in [0.25, 0.3) is 0 Å². The van der Waals surface area contributed by atoms with Gasteiger partial charge in [0.05, 0.1) is 25.7 Å². The second-order valence-electron chi connectivity index (χ2n) is 1.74. The first-order chi connectivity index (χ1) is 4.77. The molecule has 0 aliphatic carbocycles. The van der Waals surface area contributed by atoms with Crippen molar-refractivity contribution in [3.8, 4) is 6.07 Å². The fourth-order valence-electron chi connectivity index (χ4n) is 0.393. The van der Waals surface area contributed by atoms with Crippen LogP contribution in [0, 0.1) is 11.3 Å². The Hall–Kier alpha value is -1.08. The Morgan fingerprint density at radius 3 is 2.80 bits per heavy atom. The van der Waals surface area contributed by atoms with Gasteiger partial charge in [-0.25, -0.2) is 0 Å². The van der Waals surface area contributed by atoms with Gasteiger partial charge in [0.15, 0.2) is 0 Å². The van der Waals surface area contributed by atoms with Crippen LogP contribution in [-0.2, 0) is 9.53 Å². The average Bonchev–Trinajstić information content (AvgIpc) is 1.87. The third-order valence-electron chi connectivity index (χ3n) is 0.851. The summed E-state index contributed by atoms with van der Waals surface area (Å²) < 4.78 is 4.86. The monoisotopic (exact) mass is 142 g/mol. The van der Waals surface area contributed by atoms with E-state index in [-0.39, 0.29) is 12.3 Å². The first kappa shape index (κ1) is 8.92. The van der Waals surface area contributed by atoms with E-state index in [2.05, 4.69) is 0 Å². The van der Waals surface area contributed by atoms with E-state index >= 15 is 0 Å². The molecule has 0 rings (SSSR count). The van der Waals surface area contributed by atoms with Crippen molar-refractivity contribution in [2.75, 3.05) is 13.2 Å². The molecule has 2 N–H and O–H groups in total. The molecule has 0 spiro atoms. The van der Waals surface area contributed by atoms with Crippen molar-refractivity contribution in [3.05, 3.63) is 0 Å². The van der Waals surface area contributed by atoms with Gasteiger partial charge in [-0.1, -0.05) is 0 Å². The van der Waals surface area contributed by atoms with Crippen molar-refractivity contribution in [2.45, 2.75) is 12.8 Å². The van der Waals surface area contributed by atoms with E-state index in [0.29, 0.717) is 19.6 Å². The van der Waals surface area contributed by atoms with Gasteiger partial charge in [0, 0.05) is 6.42 Å². The number of nitriles is 1. The van der Waals surface area contributed by atoms with E-state index in [1.54, 1.807) is 0 Å². The first-order valence-corrected chi connectivity index (χ1v) is 3.00. The van der Waals surface area contributed by atoms with E-state index in [0.717, 1.165) is 0 Å². The highest BCUT2D eigenvalue weighted by Crippen LogP contribution is 1.83. The van der Waals surface area contributed by atoms with Crippen molar-refractivity contribution < 1.29 is 9.53 Å². The molecule has 0 radical (unpaired) electrons. The maximum Gasteiger partial charge on any atom is 0.219 e. The molecular formula is C6H10N2O2. The second kappa shape index (κ2) is 6.05. The van der Waals surface area contributed by atoms with E-state index in [4.69, 9.17) is 15.7 Å². The highest BCUT2D eigenvalue weighted by molar-refractivity contribution is 5.73. The number of carbonyl (C=O) groups is 1. The smallest absolute Gasteiger partial charge is 0.219 e. The number of rotatable bonds is 5. The minimum absolute atomic E-state index is 0.228. The van der Waals surface area contributed by atoms with Crippen LogP contribution >= 0.6 is 0 Å². The topological polar surface area (TPSA) is 76.1 Å². The van der Waals surface area contributed by atoms with Crippen LogP contribution < -0.4 is 5.73 Å². The minimum atomic E-state index is -0.378. The molecule has 0 saturated carbocycles. The Morgan fingerprint density at radius 1 is 1.60 bits per heavy atom. The number of amides is 1. The Kier molecular flexibility index (Phi) is 5.39. The molecule has 0 saturated heterocycles.